The predicted octanol–water partition coefficient (Wildman–Crippen LogP) is 1.99. The normalized spacial score (nSPS) is 14.0. The molecule has 0 fully saturated rings. The topological polar surface area (TPSA) is 88.5 Å². The first kappa shape index (κ1) is 19.1. The smallest absolute Gasteiger partial charge is 0.331 e. The molecule has 0 saturated carbocycles. The summed E-state index contributed by atoms with van der Waals surface area (Å²) < 4.78 is 4.97. The zero-order valence-corrected chi connectivity index (χ0v) is 14.2. The monoisotopic (exact) mass is 322 g/mol. The third kappa shape index (κ3) is 5.98. The van der Waals surface area contributed by atoms with Crippen LogP contribution >= 0.6 is 0 Å². The molecule has 1 aromatic rings. The van der Waals surface area contributed by atoms with Gasteiger partial charge >= 0.3 is 5.97 Å². The molecule has 1 rings (SSSR count). The minimum atomic E-state index is -1.21. The van der Waals surface area contributed by atoms with Gasteiger partial charge in [-0.15, -0.1) is 0 Å². The van der Waals surface area contributed by atoms with Crippen molar-refractivity contribution in [2.45, 2.75) is 52.7 Å². The molecule has 0 spiro atoms. The van der Waals surface area contributed by atoms with Crippen molar-refractivity contribution in [1.29, 1.82) is 0 Å². The summed E-state index contributed by atoms with van der Waals surface area (Å²) in [6, 6.07) is 2.15. The second-order valence-corrected chi connectivity index (χ2v) is 6.22. The van der Waals surface area contributed by atoms with Gasteiger partial charge in [0, 0.05) is 24.4 Å². The molecule has 1 heterocycles. The van der Waals surface area contributed by atoms with Gasteiger partial charge in [-0.1, -0.05) is 33.3 Å². The molecule has 0 aliphatic rings. The van der Waals surface area contributed by atoms with E-state index in [9.17, 15) is 14.7 Å². The first-order valence-electron chi connectivity index (χ1n) is 7.84. The van der Waals surface area contributed by atoms with Crippen LogP contribution in [0.15, 0.2) is 24.5 Å². The molecule has 0 unspecified atom stereocenters. The van der Waals surface area contributed by atoms with Crippen molar-refractivity contribution in [3.63, 3.8) is 0 Å². The standard InChI is InChI=1S/C17H26N2O4/c1-5-17(3,4)10-13(20)19-14(16(22)23-6-2)15(21)12-8-7-9-18-11-12/h7-9,11,14-15,21H,5-6,10H2,1-4H3,(H,19,20)/t14-,15+/m1/s1. The van der Waals surface area contributed by atoms with Gasteiger partial charge in [-0.2, -0.15) is 0 Å². The SMILES string of the molecule is CCOC(=O)[C@H](NC(=O)CC(C)(C)CC)[C@@H](O)c1cccnc1. The number of aromatic nitrogens is 1. The fourth-order valence-corrected chi connectivity index (χ4v) is 2.03. The Morgan fingerprint density at radius 3 is 2.61 bits per heavy atom. The summed E-state index contributed by atoms with van der Waals surface area (Å²) in [6.45, 7) is 7.80. The molecule has 0 radical (unpaired) electrons. The number of carbonyl (C=O) groups is 2. The van der Waals surface area contributed by atoms with Crippen LogP contribution in [-0.4, -0.2) is 34.6 Å². The number of aliphatic hydroxyl groups excluding tert-OH is 1. The Hall–Kier alpha value is -1.95. The minimum Gasteiger partial charge on any atom is -0.464 e. The van der Waals surface area contributed by atoms with Gasteiger partial charge in [0.05, 0.1) is 6.61 Å². The van der Waals surface area contributed by atoms with Gasteiger partial charge in [-0.25, -0.2) is 4.79 Å². The van der Waals surface area contributed by atoms with Crippen molar-refractivity contribution in [3.05, 3.63) is 30.1 Å². The first-order chi connectivity index (χ1) is 10.8. The lowest BCUT2D eigenvalue weighted by Gasteiger charge is -2.26. The summed E-state index contributed by atoms with van der Waals surface area (Å²) in [6.07, 6.45) is 2.91. The zero-order chi connectivity index (χ0) is 17.5. The molecule has 0 aliphatic carbocycles. The highest BCUT2D eigenvalue weighted by molar-refractivity contribution is 5.85. The zero-order valence-electron chi connectivity index (χ0n) is 14.2. The average Bonchev–Trinajstić information content (AvgIpc) is 2.52. The molecule has 0 aromatic carbocycles. The first-order valence-corrected chi connectivity index (χ1v) is 7.84. The van der Waals surface area contributed by atoms with Crippen LogP contribution < -0.4 is 5.32 Å². The van der Waals surface area contributed by atoms with Crippen LogP contribution in [0.25, 0.3) is 0 Å². The Morgan fingerprint density at radius 2 is 2.09 bits per heavy atom. The Morgan fingerprint density at radius 1 is 1.39 bits per heavy atom. The molecule has 2 N–H and O–H groups in total. The van der Waals surface area contributed by atoms with Crippen LogP contribution in [0.3, 0.4) is 0 Å². The molecule has 128 valence electrons. The van der Waals surface area contributed by atoms with E-state index in [2.05, 4.69) is 10.3 Å². The van der Waals surface area contributed by atoms with E-state index in [0.717, 1.165) is 6.42 Å². The number of nitrogens with zero attached hydrogens (tertiary/aromatic N) is 1. The predicted molar refractivity (Wildman–Crippen MR) is 86.4 cm³/mol. The Labute approximate surface area is 137 Å². The Kier molecular flexibility index (Phi) is 7.16. The van der Waals surface area contributed by atoms with Gasteiger partial charge in [0.2, 0.25) is 5.91 Å². The second kappa shape index (κ2) is 8.62. The van der Waals surface area contributed by atoms with Gasteiger partial charge < -0.3 is 15.2 Å². The summed E-state index contributed by atoms with van der Waals surface area (Å²) in [5.74, 6) is -0.954. The number of nitrogens with one attached hydrogen (secondary N) is 1. The van der Waals surface area contributed by atoms with E-state index in [1.807, 2.05) is 20.8 Å². The molecule has 0 saturated heterocycles. The Bertz CT molecular complexity index is 517. The van der Waals surface area contributed by atoms with Crippen LogP contribution in [0.2, 0.25) is 0 Å². The van der Waals surface area contributed by atoms with Gasteiger partial charge in [-0.05, 0) is 18.4 Å². The number of pyridine rings is 1. The van der Waals surface area contributed by atoms with E-state index < -0.39 is 18.1 Å². The van der Waals surface area contributed by atoms with E-state index in [-0.39, 0.29) is 24.3 Å². The number of esters is 1. The third-order valence-electron chi connectivity index (χ3n) is 3.79. The van der Waals surface area contributed by atoms with Gasteiger partial charge in [0.1, 0.15) is 6.10 Å². The van der Waals surface area contributed by atoms with Crippen molar-refractivity contribution in [1.82, 2.24) is 10.3 Å². The highest BCUT2D eigenvalue weighted by atomic mass is 16.5. The number of hydrogen-bond acceptors (Lipinski definition) is 5. The summed E-state index contributed by atoms with van der Waals surface area (Å²) in [5, 5.41) is 13.0. The highest BCUT2D eigenvalue weighted by Gasteiger charge is 2.32. The molecule has 0 aliphatic heterocycles. The lowest BCUT2D eigenvalue weighted by Crippen LogP contribution is -2.46. The number of hydrogen-bond donors (Lipinski definition) is 2. The van der Waals surface area contributed by atoms with Crippen LogP contribution in [0.5, 0.6) is 0 Å². The number of aliphatic hydroxyl groups is 1. The van der Waals surface area contributed by atoms with Crippen molar-refractivity contribution in [2.24, 2.45) is 5.41 Å². The highest BCUT2D eigenvalue weighted by Crippen LogP contribution is 2.25. The molecule has 6 heteroatoms. The summed E-state index contributed by atoms with van der Waals surface area (Å²) in [5.41, 5.74) is 0.267. The van der Waals surface area contributed by atoms with Gasteiger partial charge in [-0.3, -0.25) is 9.78 Å². The maximum Gasteiger partial charge on any atom is 0.331 e. The fraction of sp³-hybridized carbons (Fsp3) is 0.588. The van der Waals surface area contributed by atoms with E-state index in [4.69, 9.17) is 4.74 Å². The lowest BCUT2D eigenvalue weighted by atomic mass is 9.86. The Balaban J connectivity index is 2.89. The van der Waals surface area contributed by atoms with Crippen LogP contribution in [0.1, 0.15) is 52.2 Å². The summed E-state index contributed by atoms with van der Waals surface area (Å²) >= 11 is 0. The summed E-state index contributed by atoms with van der Waals surface area (Å²) in [4.78, 5) is 28.3. The summed E-state index contributed by atoms with van der Waals surface area (Å²) in [7, 11) is 0. The molecule has 2 atom stereocenters. The van der Waals surface area contributed by atoms with E-state index in [1.165, 1.54) is 6.20 Å². The molecule has 6 nitrogen and oxygen atoms in total. The quantitative estimate of drug-likeness (QED) is 0.715. The number of amides is 1. The van der Waals surface area contributed by atoms with Crippen molar-refractivity contribution >= 4 is 11.9 Å². The van der Waals surface area contributed by atoms with Crippen LogP contribution in [-0.2, 0) is 14.3 Å². The van der Waals surface area contributed by atoms with Crippen LogP contribution in [0, 0.1) is 5.41 Å². The number of carbonyl (C=O) groups excluding carboxylic acids is 2. The van der Waals surface area contributed by atoms with Crippen molar-refractivity contribution < 1.29 is 19.4 Å². The maximum atomic E-state index is 12.2. The number of ether oxygens (including phenoxy) is 1. The minimum absolute atomic E-state index is 0.172. The third-order valence-corrected chi connectivity index (χ3v) is 3.79. The van der Waals surface area contributed by atoms with E-state index in [0.29, 0.717) is 5.56 Å². The van der Waals surface area contributed by atoms with E-state index >= 15 is 0 Å². The van der Waals surface area contributed by atoms with Crippen molar-refractivity contribution in [2.75, 3.05) is 6.61 Å². The van der Waals surface area contributed by atoms with Crippen LogP contribution in [0.4, 0.5) is 0 Å². The largest absolute Gasteiger partial charge is 0.464 e. The van der Waals surface area contributed by atoms with E-state index in [1.54, 1.807) is 25.3 Å². The van der Waals surface area contributed by atoms with Crippen molar-refractivity contribution in [3.8, 4) is 0 Å². The lowest BCUT2D eigenvalue weighted by molar-refractivity contribution is -0.151. The molecule has 0 bridgehead atoms. The molecule has 23 heavy (non-hydrogen) atoms. The molecular formula is C17H26N2O4. The fourth-order valence-electron chi connectivity index (χ4n) is 2.03. The van der Waals surface area contributed by atoms with Gasteiger partial charge in [0.25, 0.3) is 0 Å². The van der Waals surface area contributed by atoms with Gasteiger partial charge in [0.15, 0.2) is 6.04 Å². The average molecular weight is 322 g/mol. The number of rotatable bonds is 8. The molecule has 1 amide bonds. The molecule has 1 aromatic heterocycles. The molecular weight excluding hydrogens is 296 g/mol. The maximum absolute atomic E-state index is 12.2. The second-order valence-electron chi connectivity index (χ2n) is 6.22.